The van der Waals surface area contributed by atoms with Crippen LogP contribution in [0.4, 0.5) is 5.82 Å². The van der Waals surface area contributed by atoms with E-state index in [0.717, 1.165) is 29.3 Å². The molecule has 0 aliphatic heterocycles. The summed E-state index contributed by atoms with van der Waals surface area (Å²) in [5, 5.41) is 0. The van der Waals surface area contributed by atoms with E-state index in [0.29, 0.717) is 6.54 Å². The molecule has 1 heterocycles. The van der Waals surface area contributed by atoms with Gasteiger partial charge in [-0.05, 0) is 63.2 Å². The van der Waals surface area contributed by atoms with Crippen molar-refractivity contribution in [2.24, 2.45) is 17.8 Å². The van der Waals surface area contributed by atoms with E-state index >= 15 is 0 Å². The molecule has 4 aliphatic rings. The first-order chi connectivity index (χ1) is 9.61. The van der Waals surface area contributed by atoms with E-state index in [-0.39, 0.29) is 5.41 Å². The van der Waals surface area contributed by atoms with E-state index in [4.69, 9.17) is 17.1 Å². The Morgan fingerprint density at radius 2 is 1.80 bits per heavy atom. The molecule has 106 valence electrons. The number of imidazole rings is 1. The minimum atomic E-state index is 0.272. The predicted molar refractivity (Wildman–Crippen MR) is 80.1 cm³/mol. The van der Waals surface area contributed by atoms with Gasteiger partial charge < -0.3 is 10.3 Å². The topological polar surface area (TPSA) is 43.8 Å². The number of hydrogen-bond acceptors (Lipinski definition) is 2. The van der Waals surface area contributed by atoms with Gasteiger partial charge in [0.25, 0.3) is 0 Å². The second-order valence-corrected chi connectivity index (χ2v) is 7.39. The first-order valence-electron chi connectivity index (χ1n) is 7.88. The lowest BCUT2D eigenvalue weighted by Crippen LogP contribution is -2.49. The Kier molecular flexibility index (Phi) is 2.49. The Hall–Kier alpha value is -1.43. The third-order valence-corrected chi connectivity index (χ3v) is 5.95. The molecule has 5 rings (SSSR count). The summed E-state index contributed by atoms with van der Waals surface area (Å²) in [5.74, 6) is 7.47. The van der Waals surface area contributed by atoms with Crippen molar-refractivity contribution < 1.29 is 0 Å². The van der Waals surface area contributed by atoms with Gasteiger partial charge in [-0.1, -0.05) is 5.92 Å². The van der Waals surface area contributed by atoms with Crippen LogP contribution < -0.4 is 5.73 Å². The van der Waals surface area contributed by atoms with Gasteiger partial charge in [-0.15, -0.1) is 6.42 Å². The average molecular weight is 269 g/mol. The van der Waals surface area contributed by atoms with E-state index in [1.165, 1.54) is 44.3 Å². The largest absolute Gasteiger partial charge is 0.384 e. The molecule has 0 spiro atoms. The van der Waals surface area contributed by atoms with Crippen molar-refractivity contribution in [1.82, 2.24) is 9.55 Å². The monoisotopic (exact) mass is 269 g/mol. The lowest BCUT2D eigenvalue weighted by Gasteiger charge is -2.56. The number of nitrogens with two attached hydrogens (primary N) is 1. The van der Waals surface area contributed by atoms with Gasteiger partial charge in [0.15, 0.2) is 0 Å². The van der Waals surface area contributed by atoms with Crippen LogP contribution in [0.1, 0.15) is 50.0 Å². The molecule has 2 N–H and O–H groups in total. The van der Waals surface area contributed by atoms with Gasteiger partial charge >= 0.3 is 0 Å². The first kappa shape index (κ1) is 12.3. The number of nitrogens with zero attached hydrogens (tertiary/aromatic N) is 2. The van der Waals surface area contributed by atoms with Gasteiger partial charge in [0.2, 0.25) is 0 Å². The molecule has 0 aromatic carbocycles. The van der Waals surface area contributed by atoms with Crippen molar-refractivity contribution in [1.29, 1.82) is 0 Å². The van der Waals surface area contributed by atoms with Crippen molar-refractivity contribution in [2.45, 2.75) is 57.4 Å². The Labute approximate surface area is 121 Å². The fourth-order valence-corrected chi connectivity index (χ4v) is 5.63. The van der Waals surface area contributed by atoms with Crippen LogP contribution in [0, 0.1) is 37.0 Å². The highest BCUT2D eigenvalue weighted by atomic mass is 15.2. The first-order valence-corrected chi connectivity index (χ1v) is 7.88. The zero-order valence-electron chi connectivity index (χ0n) is 12.2. The molecule has 0 radical (unpaired) electrons. The highest BCUT2D eigenvalue weighted by Crippen LogP contribution is 2.60. The molecule has 1 aromatic heterocycles. The van der Waals surface area contributed by atoms with Gasteiger partial charge in [-0.2, -0.15) is 0 Å². The van der Waals surface area contributed by atoms with E-state index in [2.05, 4.69) is 10.5 Å². The van der Waals surface area contributed by atoms with Crippen LogP contribution in [-0.4, -0.2) is 9.55 Å². The summed E-state index contributed by atoms with van der Waals surface area (Å²) < 4.78 is 2.11. The number of rotatable bonds is 2. The summed E-state index contributed by atoms with van der Waals surface area (Å²) in [6, 6.07) is 0. The fourth-order valence-electron chi connectivity index (χ4n) is 5.63. The van der Waals surface area contributed by atoms with Crippen LogP contribution in [0.2, 0.25) is 0 Å². The summed E-state index contributed by atoms with van der Waals surface area (Å²) in [5.41, 5.74) is 7.43. The second kappa shape index (κ2) is 4.04. The maximum atomic E-state index is 6.21. The highest BCUT2D eigenvalue weighted by molar-refractivity contribution is 5.40. The van der Waals surface area contributed by atoms with Gasteiger partial charge in [0.05, 0.1) is 12.2 Å². The van der Waals surface area contributed by atoms with Gasteiger partial charge in [-0.25, -0.2) is 4.98 Å². The molecule has 4 saturated carbocycles. The van der Waals surface area contributed by atoms with Crippen LogP contribution in [0.3, 0.4) is 0 Å². The number of anilines is 1. The normalized spacial score (nSPS) is 38.1. The molecule has 3 nitrogen and oxygen atoms in total. The minimum absolute atomic E-state index is 0.272. The molecule has 3 heteroatoms. The number of terminal acetylenes is 1. The molecule has 4 fully saturated rings. The molecule has 4 aliphatic carbocycles. The van der Waals surface area contributed by atoms with Crippen LogP contribution >= 0.6 is 0 Å². The van der Waals surface area contributed by atoms with Crippen molar-refractivity contribution in [3.63, 3.8) is 0 Å². The molecule has 20 heavy (non-hydrogen) atoms. The Morgan fingerprint density at radius 3 is 2.30 bits per heavy atom. The third kappa shape index (κ3) is 1.57. The van der Waals surface area contributed by atoms with Crippen LogP contribution in [0.25, 0.3) is 0 Å². The van der Waals surface area contributed by atoms with Crippen LogP contribution in [0.15, 0.2) is 0 Å². The number of aromatic nitrogens is 2. The molecule has 0 atom stereocenters. The standard InChI is InChI=1S/C17H23N3/c1-3-4-20-15(18)11(2)19-16(20)17-8-12-5-13(9-17)7-14(6-12)10-17/h1,12-14H,4-10,18H2,2H3. The molecule has 0 saturated heterocycles. The smallest absolute Gasteiger partial charge is 0.127 e. The SMILES string of the molecule is C#CCn1c(C23CC4CC(CC(C4)C2)C3)nc(C)c1N. The Morgan fingerprint density at radius 1 is 1.25 bits per heavy atom. The fraction of sp³-hybridized carbons (Fsp3) is 0.706. The van der Waals surface area contributed by atoms with Crippen LogP contribution in [0.5, 0.6) is 0 Å². The van der Waals surface area contributed by atoms with Crippen molar-refractivity contribution in [3.8, 4) is 12.3 Å². The van der Waals surface area contributed by atoms with E-state index < -0.39 is 0 Å². The number of nitrogen functional groups attached to an aromatic ring is 1. The molecule has 0 unspecified atom stereocenters. The summed E-state index contributed by atoms with van der Waals surface area (Å²) in [4.78, 5) is 4.86. The number of hydrogen-bond donors (Lipinski definition) is 1. The van der Waals surface area contributed by atoms with Crippen molar-refractivity contribution >= 4 is 5.82 Å². The minimum Gasteiger partial charge on any atom is -0.384 e. The summed E-state index contributed by atoms with van der Waals surface area (Å²) in [6.07, 6.45) is 13.8. The average Bonchev–Trinajstić information content (AvgIpc) is 2.67. The Bertz CT molecular complexity index is 555. The van der Waals surface area contributed by atoms with E-state index in [1.807, 2.05) is 6.92 Å². The highest BCUT2D eigenvalue weighted by Gasteiger charge is 2.53. The summed E-state index contributed by atoms with van der Waals surface area (Å²) >= 11 is 0. The van der Waals surface area contributed by atoms with Crippen molar-refractivity contribution in [3.05, 3.63) is 11.5 Å². The van der Waals surface area contributed by atoms with Crippen LogP contribution in [-0.2, 0) is 12.0 Å². The molecular formula is C17H23N3. The molecule has 1 aromatic rings. The quantitative estimate of drug-likeness (QED) is 0.839. The zero-order chi connectivity index (χ0) is 13.9. The predicted octanol–water partition coefficient (Wildman–Crippen LogP) is 2.87. The van der Waals surface area contributed by atoms with Gasteiger partial charge in [0, 0.05) is 5.41 Å². The van der Waals surface area contributed by atoms with Crippen molar-refractivity contribution in [2.75, 3.05) is 5.73 Å². The Balaban J connectivity index is 1.81. The maximum Gasteiger partial charge on any atom is 0.127 e. The third-order valence-electron chi connectivity index (χ3n) is 5.95. The van der Waals surface area contributed by atoms with Gasteiger partial charge in [0.1, 0.15) is 11.6 Å². The lowest BCUT2D eigenvalue weighted by molar-refractivity contribution is -0.0107. The molecule has 4 bridgehead atoms. The zero-order valence-corrected chi connectivity index (χ0v) is 12.2. The van der Waals surface area contributed by atoms with Gasteiger partial charge in [-0.3, -0.25) is 0 Å². The van der Waals surface area contributed by atoms with E-state index in [9.17, 15) is 0 Å². The molecule has 0 amide bonds. The second-order valence-electron chi connectivity index (χ2n) is 7.39. The summed E-state index contributed by atoms with van der Waals surface area (Å²) in [7, 11) is 0. The number of aryl methyl sites for hydroxylation is 1. The summed E-state index contributed by atoms with van der Waals surface area (Å²) in [6.45, 7) is 2.57. The lowest BCUT2D eigenvalue weighted by atomic mass is 9.49. The van der Waals surface area contributed by atoms with E-state index in [1.54, 1.807) is 0 Å². The maximum absolute atomic E-state index is 6.21. The molecular weight excluding hydrogens is 246 g/mol.